The summed E-state index contributed by atoms with van der Waals surface area (Å²) < 4.78 is 33.3. The molecule has 0 heterocycles. The van der Waals surface area contributed by atoms with Crippen molar-refractivity contribution in [2.75, 3.05) is 96.3 Å². The van der Waals surface area contributed by atoms with Crippen LogP contribution in [0.4, 0.5) is 0 Å². The predicted octanol–water partition coefficient (Wildman–Crippen LogP) is 0.0686. The summed E-state index contributed by atoms with van der Waals surface area (Å²) in [6, 6.07) is 0. The number of rotatable bonds is 20. The molecule has 0 spiro atoms. The highest BCUT2D eigenvalue weighted by atomic mass is 16.6. The van der Waals surface area contributed by atoms with Crippen LogP contribution in [0.3, 0.4) is 0 Å². The molecule has 15 nitrogen and oxygen atoms in total. The van der Waals surface area contributed by atoms with E-state index in [0.717, 1.165) is 0 Å². The number of likely N-dealkylation sites (N-methyl/N-ethyl adjacent to an activating group) is 3. The largest absolute Gasteiger partial charge is 0.461 e. The highest BCUT2D eigenvalue weighted by Crippen LogP contribution is 2.12. The lowest BCUT2D eigenvalue weighted by atomic mass is 10.2. The van der Waals surface area contributed by atoms with Crippen LogP contribution in [-0.2, 0) is 57.2 Å². The summed E-state index contributed by atoms with van der Waals surface area (Å²) in [5.41, 5.74) is 0. The molecule has 0 fully saturated rings. The zero-order valence-corrected chi connectivity index (χ0v) is 29.2. The first-order valence-electron chi connectivity index (χ1n) is 14.8. The molecule has 0 aliphatic carbocycles. The number of quaternary nitrogens is 3. The van der Waals surface area contributed by atoms with Gasteiger partial charge in [-0.3, -0.25) is 28.8 Å². The number of hydrogen-bond donors (Lipinski definition) is 0. The van der Waals surface area contributed by atoms with Gasteiger partial charge < -0.3 is 41.9 Å². The molecule has 3 atom stereocenters. The van der Waals surface area contributed by atoms with Crippen molar-refractivity contribution >= 4 is 35.8 Å². The van der Waals surface area contributed by atoms with Gasteiger partial charge in [0, 0.05) is 20.8 Å². The first-order valence-corrected chi connectivity index (χ1v) is 14.8. The van der Waals surface area contributed by atoms with E-state index in [-0.39, 0.29) is 19.3 Å². The maximum absolute atomic E-state index is 12.9. The topological polar surface area (TPSA) is 158 Å². The molecule has 260 valence electrons. The number of esters is 6. The van der Waals surface area contributed by atoms with Gasteiger partial charge in [-0.05, 0) is 0 Å². The van der Waals surface area contributed by atoms with Gasteiger partial charge in [-0.25, -0.2) is 0 Å². The van der Waals surface area contributed by atoms with Crippen LogP contribution < -0.4 is 0 Å². The van der Waals surface area contributed by atoms with Crippen LogP contribution in [0, 0.1) is 0 Å². The van der Waals surface area contributed by atoms with E-state index >= 15 is 0 Å². The fourth-order valence-corrected chi connectivity index (χ4v) is 4.36. The van der Waals surface area contributed by atoms with Crippen molar-refractivity contribution in [3.8, 4) is 0 Å². The van der Waals surface area contributed by atoms with Gasteiger partial charge in [0.25, 0.3) is 0 Å². The van der Waals surface area contributed by atoms with Crippen molar-refractivity contribution in [2.45, 2.75) is 64.4 Å². The number of ether oxygens (including phenoxy) is 6. The Morgan fingerprint density at radius 1 is 0.422 bits per heavy atom. The third-order valence-electron chi connectivity index (χ3n) is 5.59. The molecule has 0 aromatic heterocycles. The second kappa shape index (κ2) is 18.6. The summed E-state index contributed by atoms with van der Waals surface area (Å²) in [5.74, 6) is -3.86. The zero-order chi connectivity index (χ0) is 35.2. The normalized spacial score (nSPS) is 14.1. The summed E-state index contributed by atoms with van der Waals surface area (Å²) >= 11 is 0. The Morgan fingerprint density at radius 2 is 0.689 bits per heavy atom. The van der Waals surface area contributed by atoms with E-state index in [9.17, 15) is 28.8 Å². The lowest BCUT2D eigenvalue weighted by Crippen LogP contribution is -2.44. The molecule has 0 saturated carbocycles. The third-order valence-corrected chi connectivity index (χ3v) is 5.59. The van der Waals surface area contributed by atoms with Crippen LogP contribution in [0.1, 0.15) is 40.0 Å². The Morgan fingerprint density at radius 3 is 0.933 bits per heavy atom. The summed E-state index contributed by atoms with van der Waals surface area (Å²) in [5, 5.41) is 0. The Kier molecular flexibility index (Phi) is 17.3. The van der Waals surface area contributed by atoms with Crippen LogP contribution in [0.25, 0.3) is 0 Å². The standard InChI is InChI=1S/C30H56N3O12/c1-21(34)42-24(16-31(4,5)6)13-28(37)40-19-27(45-30(39)15-26(44-23(3)36)18-33(10,11)12)20-41-29(38)14-25(43-22(2)35)17-32(7,8)9/h24-27H,13-20H2,1-12H3/q+3/t24-,25-,26-/m1/s1. The third kappa shape index (κ3) is 24.7. The minimum Gasteiger partial charge on any atom is -0.461 e. The maximum atomic E-state index is 12.9. The van der Waals surface area contributed by atoms with Gasteiger partial charge in [-0.2, -0.15) is 0 Å². The van der Waals surface area contributed by atoms with Crippen LogP contribution in [0.15, 0.2) is 0 Å². The molecule has 0 aliphatic heterocycles. The number of carbonyl (C=O) groups is 6. The molecule has 0 unspecified atom stereocenters. The van der Waals surface area contributed by atoms with E-state index in [1.54, 1.807) is 0 Å². The molecule has 0 rings (SSSR count). The molecule has 0 aromatic carbocycles. The molecule has 15 heteroatoms. The molecule has 0 radical (unpaired) electrons. The highest BCUT2D eigenvalue weighted by Gasteiger charge is 2.30. The Labute approximate surface area is 267 Å². The molecule has 0 aliphatic rings. The fourth-order valence-electron chi connectivity index (χ4n) is 4.36. The highest BCUT2D eigenvalue weighted by molar-refractivity contribution is 5.73. The summed E-state index contributed by atoms with van der Waals surface area (Å²) in [6.45, 7) is 3.79. The van der Waals surface area contributed by atoms with E-state index < -0.39 is 73.4 Å². The van der Waals surface area contributed by atoms with Crippen molar-refractivity contribution in [3.63, 3.8) is 0 Å². The first-order chi connectivity index (χ1) is 20.3. The second-order valence-electron chi connectivity index (χ2n) is 14.2. The Balaban J connectivity index is 5.68. The molecule has 0 aromatic rings. The van der Waals surface area contributed by atoms with Gasteiger partial charge >= 0.3 is 35.8 Å². The van der Waals surface area contributed by atoms with Crippen molar-refractivity contribution < 1.29 is 70.6 Å². The van der Waals surface area contributed by atoms with Crippen LogP contribution in [-0.4, -0.2) is 170 Å². The molecule has 45 heavy (non-hydrogen) atoms. The molecule has 0 amide bonds. The van der Waals surface area contributed by atoms with Crippen molar-refractivity contribution in [2.24, 2.45) is 0 Å². The second-order valence-corrected chi connectivity index (χ2v) is 14.2. The lowest BCUT2D eigenvalue weighted by Gasteiger charge is -2.29. The van der Waals surface area contributed by atoms with E-state index in [4.69, 9.17) is 28.4 Å². The monoisotopic (exact) mass is 650 g/mol. The summed E-state index contributed by atoms with van der Waals surface area (Å²) in [4.78, 5) is 73.1. The summed E-state index contributed by atoms with van der Waals surface area (Å²) in [6.07, 6.45) is -4.29. The molecule has 0 N–H and O–H groups in total. The van der Waals surface area contributed by atoms with E-state index in [2.05, 4.69) is 0 Å². The number of nitrogens with zero attached hydrogens (tertiary/aromatic N) is 3. The SMILES string of the molecule is CC(=O)O[C@H](CC(=O)OCC(COC(=O)C[C@H](C[N+](C)(C)C)OC(C)=O)OC(=O)C[C@H](C[N+](C)(C)C)OC(C)=O)C[N+](C)(C)C. The molecule has 0 bridgehead atoms. The molecule has 0 saturated heterocycles. The average molecular weight is 651 g/mol. The summed E-state index contributed by atoms with van der Waals surface area (Å²) in [7, 11) is 16.9. The van der Waals surface area contributed by atoms with E-state index in [1.807, 2.05) is 63.4 Å². The predicted molar refractivity (Wildman–Crippen MR) is 161 cm³/mol. The molecular formula is C30H56N3O12+3. The Hall–Kier alpha value is -3.30. The van der Waals surface area contributed by atoms with Crippen LogP contribution in [0.2, 0.25) is 0 Å². The number of hydrogen-bond acceptors (Lipinski definition) is 12. The minimum absolute atomic E-state index is 0.247. The van der Waals surface area contributed by atoms with Gasteiger partial charge in [0.1, 0.15) is 32.8 Å². The first kappa shape index (κ1) is 41.7. The van der Waals surface area contributed by atoms with E-state index in [1.165, 1.54) is 20.8 Å². The van der Waals surface area contributed by atoms with E-state index in [0.29, 0.717) is 33.1 Å². The van der Waals surface area contributed by atoms with Crippen molar-refractivity contribution in [3.05, 3.63) is 0 Å². The van der Waals surface area contributed by atoms with Crippen molar-refractivity contribution in [1.82, 2.24) is 0 Å². The van der Waals surface area contributed by atoms with Gasteiger partial charge in [0.15, 0.2) is 24.4 Å². The smallest absolute Gasteiger partial charge is 0.310 e. The van der Waals surface area contributed by atoms with Crippen LogP contribution in [0.5, 0.6) is 0 Å². The van der Waals surface area contributed by atoms with Gasteiger partial charge in [-0.1, -0.05) is 0 Å². The van der Waals surface area contributed by atoms with Crippen LogP contribution >= 0.6 is 0 Å². The average Bonchev–Trinajstić information content (AvgIpc) is 2.75. The molecular weight excluding hydrogens is 594 g/mol. The number of carbonyl (C=O) groups excluding carboxylic acids is 6. The van der Waals surface area contributed by atoms with Crippen molar-refractivity contribution in [1.29, 1.82) is 0 Å². The maximum Gasteiger partial charge on any atom is 0.310 e. The quantitative estimate of drug-likeness (QED) is 0.0994. The minimum atomic E-state index is -1.20. The lowest BCUT2D eigenvalue weighted by molar-refractivity contribution is -0.873. The van der Waals surface area contributed by atoms with Gasteiger partial charge in [-0.15, -0.1) is 0 Å². The fraction of sp³-hybridized carbons (Fsp3) is 0.800. The van der Waals surface area contributed by atoms with Gasteiger partial charge in [0.2, 0.25) is 0 Å². The zero-order valence-electron chi connectivity index (χ0n) is 29.2. The van der Waals surface area contributed by atoms with Gasteiger partial charge in [0.05, 0.1) is 82.7 Å². The Bertz CT molecular complexity index is 957.